The van der Waals surface area contributed by atoms with Gasteiger partial charge in [0.05, 0.1) is 6.20 Å². The number of halogens is 2. The van der Waals surface area contributed by atoms with Gasteiger partial charge in [-0.3, -0.25) is 4.98 Å². The van der Waals surface area contributed by atoms with Gasteiger partial charge in [0.1, 0.15) is 11.6 Å². The van der Waals surface area contributed by atoms with Crippen molar-refractivity contribution in [2.24, 2.45) is 0 Å². The molecule has 1 aromatic carbocycles. The van der Waals surface area contributed by atoms with Crippen LogP contribution in [0.2, 0.25) is 0 Å². The first-order chi connectivity index (χ1) is 8.65. The minimum absolute atomic E-state index is 0.0449. The summed E-state index contributed by atoms with van der Waals surface area (Å²) in [4.78, 5) is 3.80. The van der Waals surface area contributed by atoms with Crippen LogP contribution in [0.5, 0.6) is 0 Å². The maximum atomic E-state index is 13.0. The fraction of sp³-hybridized carbons (Fsp3) is 0.214. The summed E-state index contributed by atoms with van der Waals surface area (Å²) < 4.78 is 26.0. The van der Waals surface area contributed by atoms with Crippen LogP contribution in [-0.4, -0.2) is 4.98 Å². The van der Waals surface area contributed by atoms with Gasteiger partial charge < -0.3 is 5.32 Å². The lowest BCUT2D eigenvalue weighted by Crippen LogP contribution is -2.18. The molecule has 1 atom stereocenters. The second kappa shape index (κ2) is 5.69. The fourth-order valence-corrected chi connectivity index (χ4v) is 1.70. The first kappa shape index (κ1) is 12.6. The Morgan fingerprint density at radius 2 is 2.00 bits per heavy atom. The van der Waals surface area contributed by atoms with Crippen molar-refractivity contribution >= 4 is 0 Å². The van der Waals surface area contributed by atoms with Crippen molar-refractivity contribution in [3.05, 3.63) is 65.5 Å². The average molecular weight is 248 g/mol. The maximum Gasteiger partial charge on any atom is 0.141 e. The highest BCUT2D eigenvalue weighted by atomic mass is 19.1. The molecule has 4 heteroatoms. The number of hydrogen-bond donors (Lipinski definition) is 1. The molecule has 2 rings (SSSR count). The summed E-state index contributed by atoms with van der Waals surface area (Å²) >= 11 is 0. The lowest BCUT2D eigenvalue weighted by molar-refractivity contribution is 0.557. The molecule has 1 unspecified atom stereocenters. The van der Waals surface area contributed by atoms with Crippen molar-refractivity contribution in [1.82, 2.24) is 10.3 Å². The molecular formula is C14H14F2N2. The van der Waals surface area contributed by atoms with E-state index in [0.717, 1.165) is 11.1 Å². The Balaban J connectivity index is 1.98. The highest BCUT2D eigenvalue weighted by Gasteiger charge is 2.06. The molecule has 0 amide bonds. The predicted octanol–water partition coefficient (Wildman–Crippen LogP) is 3.21. The molecule has 1 aromatic heterocycles. The van der Waals surface area contributed by atoms with E-state index in [1.165, 1.54) is 24.4 Å². The van der Waals surface area contributed by atoms with Gasteiger partial charge in [0.15, 0.2) is 0 Å². The number of nitrogens with one attached hydrogen (secondary N) is 1. The van der Waals surface area contributed by atoms with Gasteiger partial charge in [-0.05, 0) is 36.2 Å². The third kappa shape index (κ3) is 3.34. The van der Waals surface area contributed by atoms with E-state index in [0.29, 0.717) is 6.54 Å². The first-order valence-corrected chi connectivity index (χ1v) is 5.73. The Hall–Kier alpha value is -1.81. The Kier molecular flexibility index (Phi) is 3.99. The Bertz CT molecular complexity index is 529. The van der Waals surface area contributed by atoms with Crippen LogP contribution in [0.1, 0.15) is 24.1 Å². The summed E-state index contributed by atoms with van der Waals surface area (Å²) in [6.45, 7) is 2.44. The topological polar surface area (TPSA) is 24.9 Å². The molecule has 0 saturated carbocycles. The van der Waals surface area contributed by atoms with E-state index in [9.17, 15) is 8.78 Å². The second-order valence-electron chi connectivity index (χ2n) is 4.17. The Morgan fingerprint density at radius 1 is 1.17 bits per heavy atom. The summed E-state index contributed by atoms with van der Waals surface area (Å²) in [5.74, 6) is -0.610. The Morgan fingerprint density at radius 3 is 2.72 bits per heavy atom. The van der Waals surface area contributed by atoms with Gasteiger partial charge in [0.25, 0.3) is 0 Å². The number of rotatable bonds is 4. The standard InChI is InChI=1S/C14H14F2N2/c1-10(12-6-14(16)9-17-8-12)18-7-11-3-2-4-13(15)5-11/h2-6,8-10,18H,7H2,1H3. The van der Waals surface area contributed by atoms with Crippen molar-refractivity contribution in [3.8, 4) is 0 Å². The minimum atomic E-state index is -0.355. The molecule has 0 aliphatic carbocycles. The van der Waals surface area contributed by atoms with Crippen LogP contribution in [0.25, 0.3) is 0 Å². The molecule has 2 aromatic rings. The summed E-state index contributed by atoms with van der Waals surface area (Å²) in [5, 5.41) is 3.20. The maximum absolute atomic E-state index is 13.0. The molecule has 1 N–H and O–H groups in total. The Labute approximate surface area is 105 Å². The van der Waals surface area contributed by atoms with Crippen LogP contribution in [-0.2, 0) is 6.54 Å². The molecule has 0 saturated heterocycles. The quantitative estimate of drug-likeness (QED) is 0.898. The van der Waals surface area contributed by atoms with Gasteiger partial charge in [0.2, 0.25) is 0 Å². The molecule has 18 heavy (non-hydrogen) atoms. The van der Waals surface area contributed by atoms with Crippen molar-refractivity contribution in [2.45, 2.75) is 19.5 Å². The lowest BCUT2D eigenvalue weighted by Gasteiger charge is -2.14. The van der Waals surface area contributed by atoms with E-state index in [2.05, 4.69) is 10.3 Å². The minimum Gasteiger partial charge on any atom is -0.306 e. The van der Waals surface area contributed by atoms with Gasteiger partial charge in [-0.15, -0.1) is 0 Å². The van der Waals surface area contributed by atoms with Crippen LogP contribution in [0.4, 0.5) is 8.78 Å². The molecule has 1 heterocycles. The third-order valence-corrected chi connectivity index (χ3v) is 2.73. The van der Waals surface area contributed by atoms with Gasteiger partial charge in [-0.1, -0.05) is 12.1 Å². The highest BCUT2D eigenvalue weighted by Crippen LogP contribution is 2.13. The van der Waals surface area contributed by atoms with Gasteiger partial charge in [-0.2, -0.15) is 0 Å². The molecule has 94 valence electrons. The number of benzene rings is 1. The van der Waals surface area contributed by atoms with Gasteiger partial charge in [0, 0.05) is 18.8 Å². The van der Waals surface area contributed by atoms with E-state index >= 15 is 0 Å². The van der Waals surface area contributed by atoms with Crippen molar-refractivity contribution < 1.29 is 8.78 Å². The van der Waals surface area contributed by atoms with E-state index in [1.54, 1.807) is 12.3 Å². The zero-order valence-corrected chi connectivity index (χ0v) is 10.0. The van der Waals surface area contributed by atoms with Crippen LogP contribution in [0.15, 0.2) is 42.7 Å². The molecular weight excluding hydrogens is 234 g/mol. The number of pyridine rings is 1. The number of aromatic nitrogens is 1. The normalized spacial score (nSPS) is 12.4. The predicted molar refractivity (Wildman–Crippen MR) is 65.8 cm³/mol. The SMILES string of the molecule is CC(NCc1cccc(F)c1)c1cncc(F)c1. The van der Waals surface area contributed by atoms with E-state index < -0.39 is 0 Å². The summed E-state index contributed by atoms with van der Waals surface area (Å²) in [5.41, 5.74) is 1.62. The van der Waals surface area contributed by atoms with Crippen molar-refractivity contribution in [3.63, 3.8) is 0 Å². The monoisotopic (exact) mass is 248 g/mol. The zero-order chi connectivity index (χ0) is 13.0. The molecule has 2 nitrogen and oxygen atoms in total. The smallest absolute Gasteiger partial charge is 0.141 e. The van der Waals surface area contributed by atoms with E-state index in [4.69, 9.17) is 0 Å². The van der Waals surface area contributed by atoms with E-state index in [-0.39, 0.29) is 17.7 Å². The average Bonchev–Trinajstić information content (AvgIpc) is 2.36. The molecule has 0 aliphatic rings. The molecule has 0 spiro atoms. The number of hydrogen-bond acceptors (Lipinski definition) is 2. The second-order valence-corrected chi connectivity index (χ2v) is 4.17. The highest BCUT2D eigenvalue weighted by molar-refractivity contribution is 5.18. The summed E-state index contributed by atoms with van der Waals surface area (Å²) in [7, 11) is 0. The molecule has 0 aliphatic heterocycles. The number of nitrogens with zero attached hydrogens (tertiary/aromatic N) is 1. The van der Waals surface area contributed by atoms with Crippen molar-refractivity contribution in [1.29, 1.82) is 0 Å². The van der Waals surface area contributed by atoms with Gasteiger partial charge >= 0.3 is 0 Å². The van der Waals surface area contributed by atoms with Crippen LogP contribution >= 0.6 is 0 Å². The molecule has 0 fully saturated rings. The van der Waals surface area contributed by atoms with Crippen LogP contribution in [0.3, 0.4) is 0 Å². The summed E-state index contributed by atoms with van der Waals surface area (Å²) in [6, 6.07) is 7.79. The zero-order valence-electron chi connectivity index (χ0n) is 10.0. The first-order valence-electron chi connectivity index (χ1n) is 5.73. The molecule has 0 bridgehead atoms. The molecule has 0 radical (unpaired) electrons. The third-order valence-electron chi connectivity index (χ3n) is 2.73. The fourth-order valence-electron chi connectivity index (χ4n) is 1.70. The van der Waals surface area contributed by atoms with Crippen LogP contribution < -0.4 is 5.32 Å². The van der Waals surface area contributed by atoms with Crippen LogP contribution in [0, 0.1) is 11.6 Å². The summed E-state index contributed by atoms with van der Waals surface area (Å²) in [6.07, 6.45) is 2.79. The lowest BCUT2D eigenvalue weighted by atomic mass is 10.1. The van der Waals surface area contributed by atoms with Gasteiger partial charge in [-0.25, -0.2) is 8.78 Å². The largest absolute Gasteiger partial charge is 0.306 e. The van der Waals surface area contributed by atoms with E-state index in [1.807, 2.05) is 13.0 Å². The van der Waals surface area contributed by atoms with Crippen molar-refractivity contribution in [2.75, 3.05) is 0 Å².